The second kappa shape index (κ2) is 5.71. The van der Waals surface area contributed by atoms with E-state index in [9.17, 15) is 4.79 Å². The van der Waals surface area contributed by atoms with Crippen molar-refractivity contribution >= 4 is 23.0 Å². The van der Waals surface area contributed by atoms with Crippen LogP contribution in [0.4, 0.5) is 17.1 Å². The topological polar surface area (TPSA) is 76.4 Å². The lowest BCUT2D eigenvalue weighted by Gasteiger charge is -2.11. The molecule has 1 aromatic carbocycles. The molecule has 3 rings (SSSR count). The number of hydrogen-bond donors (Lipinski definition) is 3. The maximum atomic E-state index is 11.3. The third kappa shape index (κ3) is 3.22. The highest BCUT2D eigenvalue weighted by molar-refractivity contribution is 6.00. The van der Waals surface area contributed by atoms with Gasteiger partial charge in [-0.15, -0.1) is 0 Å². The first kappa shape index (κ1) is 13.2. The smallest absolute Gasteiger partial charge is 0.228 e. The molecular weight excluding hydrogens is 254 g/mol. The minimum absolute atomic E-state index is 0.0324. The predicted molar refractivity (Wildman–Crippen MR) is 79.8 cm³/mol. The number of nitrogen functional groups attached to an aromatic ring is 1. The quantitative estimate of drug-likeness (QED) is 0.525. The lowest BCUT2D eigenvalue weighted by molar-refractivity contribution is -0.115. The number of nitrogens with one attached hydrogen (secondary N) is 2. The summed E-state index contributed by atoms with van der Waals surface area (Å²) in [4.78, 5) is 11.3. The van der Waals surface area contributed by atoms with Crippen LogP contribution in [0, 0.1) is 5.92 Å². The van der Waals surface area contributed by atoms with E-state index in [-0.39, 0.29) is 5.91 Å². The molecule has 1 amide bonds. The number of carbonyl (C=O) groups is 1. The largest absolute Gasteiger partial charge is 0.397 e. The van der Waals surface area contributed by atoms with Crippen molar-refractivity contribution in [1.82, 2.24) is 0 Å². The first-order valence-corrected chi connectivity index (χ1v) is 7.26. The summed E-state index contributed by atoms with van der Waals surface area (Å²) in [6.45, 7) is 2.51. The summed E-state index contributed by atoms with van der Waals surface area (Å²) in [5.41, 5.74) is 9.42. The molecule has 5 nitrogen and oxygen atoms in total. The summed E-state index contributed by atoms with van der Waals surface area (Å²) in [6, 6.07) is 3.79. The summed E-state index contributed by atoms with van der Waals surface area (Å²) in [6.07, 6.45) is 4.04. The molecule has 0 bridgehead atoms. The van der Waals surface area contributed by atoms with Crippen molar-refractivity contribution < 1.29 is 9.53 Å². The average Bonchev–Trinajstić information content (AvgIpc) is 3.16. The summed E-state index contributed by atoms with van der Waals surface area (Å²) < 4.78 is 5.59. The van der Waals surface area contributed by atoms with Gasteiger partial charge in [-0.2, -0.15) is 0 Å². The fourth-order valence-electron chi connectivity index (χ4n) is 2.38. The molecule has 5 heteroatoms. The lowest BCUT2D eigenvalue weighted by Crippen LogP contribution is -2.08. The van der Waals surface area contributed by atoms with Crippen LogP contribution in [0.1, 0.15) is 24.8 Å². The van der Waals surface area contributed by atoms with E-state index >= 15 is 0 Å². The van der Waals surface area contributed by atoms with Gasteiger partial charge in [0.15, 0.2) is 0 Å². The van der Waals surface area contributed by atoms with Crippen LogP contribution in [0.5, 0.6) is 0 Å². The number of rotatable bonds is 7. The maximum absolute atomic E-state index is 11.3. The fourth-order valence-corrected chi connectivity index (χ4v) is 2.38. The summed E-state index contributed by atoms with van der Waals surface area (Å²) in [7, 11) is 0. The molecular formula is C15H21N3O2. The Labute approximate surface area is 118 Å². The molecule has 0 atom stereocenters. The van der Waals surface area contributed by atoms with Crippen molar-refractivity contribution in [2.45, 2.75) is 25.7 Å². The second-order valence-electron chi connectivity index (χ2n) is 5.62. The Balaban J connectivity index is 1.45. The van der Waals surface area contributed by atoms with Gasteiger partial charge in [0.1, 0.15) is 0 Å². The molecule has 1 aliphatic heterocycles. The van der Waals surface area contributed by atoms with Gasteiger partial charge in [0.25, 0.3) is 0 Å². The van der Waals surface area contributed by atoms with E-state index in [1.165, 1.54) is 12.8 Å². The van der Waals surface area contributed by atoms with Gasteiger partial charge in [-0.3, -0.25) is 4.79 Å². The van der Waals surface area contributed by atoms with Crippen LogP contribution in [-0.2, 0) is 16.0 Å². The number of nitrogens with two attached hydrogens (primary N) is 1. The van der Waals surface area contributed by atoms with Crippen LogP contribution in [0.2, 0.25) is 0 Å². The number of amides is 1. The number of carbonyl (C=O) groups excluding carboxylic acids is 1. The molecule has 0 radical (unpaired) electrons. The Bertz CT molecular complexity index is 512. The van der Waals surface area contributed by atoms with Crippen LogP contribution in [0.15, 0.2) is 12.1 Å². The number of fused-ring (bicyclic) bond motifs is 1. The summed E-state index contributed by atoms with van der Waals surface area (Å²) >= 11 is 0. The van der Waals surface area contributed by atoms with E-state index in [2.05, 4.69) is 10.6 Å². The number of ether oxygens (including phenoxy) is 1. The molecule has 20 heavy (non-hydrogen) atoms. The SMILES string of the molecule is Nc1cc2c(cc1NCCCOCC1CC1)NC(=O)C2. The highest BCUT2D eigenvalue weighted by atomic mass is 16.5. The second-order valence-corrected chi connectivity index (χ2v) is 5.62. The molecule has 1 aliphatic carbocycles. The molecule has 2 aliphatic rings. The third-order valence-corrected chi connectivity index (χ3v) is 3.73. The number of hydrogen-bond acceptors (Lipinski definition) is 4. The van der Waals surface area contributed by atoms with Crippen LogP contribution < -0.4 is 16.4 Å². The van der Waals surface area contributed by atoms with Crippen molar-refractivity contribution in [3.05, 3.63) is 17.7 Å². The number of anilines is 3. The summed E-state index contributed by atoms with van der Waals surface area (Å²) in [5.74, 6) is 0.851. The highest BCUT2D eigenvalue weighted by Crippen LogP contribution is 2.31. The molecule has 4 N–H and O–H groups in total. The monoisotopic (exact) mass is 275 g/mol. The van der Waals surface area contributed by atoms with E-state index in [0.29, 0.717) is 12.1 Å². The first-order chi connectivity index (χ1) is 9.72. The molecule has 0 spiro atoms. The zero-order chi connectivity index (χ0) is 13.9. The van der Waals surface area contributed by atoms with E-state index in [0.717, 1.165) is 49.0 Å². The average molecular weight is 275 g/mol. The van der Waals surface area contributed by atoms with Gasteiger partial charge < -0.3 is 21.1 Å². The van der Waals surface area contributed by atoms with Crippen LogP contribution in [-0.4, -0.2) is 25.7 Å². The normalized spacial score (nSPS) is 16.9. The highest BCUT2D eigenvalue weighted by Gasteiger charge is 2.21. The zero-order valence-electron chi connectivity index (χ0n) is 11.6. The maximum Gasteiger partial charge on any atom is 0.228 e. The van der Waals surface area contributed by atoms with Gasteiger partial charge in [-0.05, 0) is 42.9 Å². The Kier molecular flexibility index (Phi) is 3.78. The van der Waals surface area contributed by atoms with E-state index < -0.39 is 0 Å². The van der Waals surface area contributed by atoms with Gasteiger partial charge >= 0.3 is 0 Å². The van der Waals surface area contributed by atoms with Gasteiger partial charge in [0.05, 0.1) is 17.8 Å². The van der Waals surface area contributed by atoms with Crippen LogP contribution >= 0.6 is 0 Å². The van der Waals surface area contributed by atoms with Gasteiger partial charge in [0, 0.05) is 25.4 Å². The van der Waals surface area contributed by atoms with Crippen molar-refractivity contribution in [2.75, 3.05) is 36.1 Å². The van der Waals surface area contributed by atoms with Crippen molar-refractivity contribution in [3.8, 4) is 0 Å². The molecule has 0 saturated heterocycles. The van der Waals surface area contributed by atoms with Crippen LogP contribution in [0.25, 0.3) is 0 Å². The minimum Gasteiger partial charge on any atom is -0.397 e. The number of benzene rings is 1. The van der Waals surface area contributed by atoms with Gasteiger partial charge in [-0.25, -0.2) is 0 Å². The molecule has 1 aromatic rings. The Morgan fingerprint density at radius 3 is 3.05 bits per heavy atom. The fraction of sp³-hybridized carbons (Fsp3) is 0.533. The molecule has 0 unspecified atom stereocenters. The van der Waals surface area contributed by atoms with Gasteiger partial charge in [-0.1, -0.05) is 0 Å². The molecule has 1 fully saturated rings. The Morgan fingerprint density at radius 1 is 1.40 bits per heavy atom. The molecule has 108 valence electrons. The summed E-state index contributed by atoms with van der Waals surface area (Å²) in [5, 5.41) is 6.14. The first-order valence-electron chi connectivity index (χ1n) is 7.26. The van der Waals surface area contributed by atoms with Crippen molar-refractivity contribution in [1.29, 1.82) is 0 Å². The van der Waals surface area contributed by atoms with Crippen LogP contribution in [0.3, 0.4) is 0 Å². The van der Waals surface area contributed by atoms with E-state index in [1.807, 2.05) is 12.1 Å². The standard InChI is InChI=1S/C15H21N3O2/c16-12-6-11-7-15(19)18-13(11)8-14(12)17-4-1-5-20-9-10-2-3-10/h6,8,10,17H,1-5,7,9,16H2,(H,18,19). The van der Waals surface area contributed by atoms with Gasteiger partial charge in [0.2, 0.25) is 5.91 Å². The minimum atomic E-state index is 0.0324. The molecule has 1 heterocycles. The predicted octanol–water partition coefficient (Wildman–Crippen LogP) is 1.99. The Hall–Kier alpha value is -1.75. The van der Waals surface area contributed by atoms with Crippen molar-refractivity contribution in [2.24, 2.45) is 5.92 Å². The van der Waals surface area contributed by atoms with Crippen molar-refractivity contribution in [3.63, 3.8) is 0 Å². The third-order valence-electron chi connectivity index (χ3n) is 3.73. The lowest BCUT2D eigenvalue weighted by atomic mass is 10.1. The van der Waals surface area contributed by atoms with E-state index in [4.69, 9.17) is 10.5 Å². The Morgan fingerprint density at radius 2 is 2.25 bits per heavy atom. The zero-order valence-corrected chi connectivity index (χ0v) is 11.6. The molecule has 1 saturated carbocycles. The molecule has 0 aromatic heterocycles. The van der Waals surface area contributed by atoms with E-state index in [1.54, 1.807) is 0 Å².